The van der Waals surface area contributed by atoms with E-state index in [4.69, 9.17) is 11.6 Å². The molecular formula is C13H8ClNS. The highest BCUT2D eigenvalue weighted by atomic mass is 35.5. The molecule has 0 spiro atoms. The second-order valence-electron chi connectivity index (χ2n) is 3.50. The fourth-order valence-electron chi connectivity index (χ4n) is 1.68. The lowest BCUT2D eigenvalue weighted by Gasteiger charge is -1.93. The van der Waals surface area contributed by atoms with E-state index in [1.165, 1.54) is 10.4 Å². The summed E-state index contributed by atoms with van der Waals surface area (Å²) in [6.45, 7) is 0. The molecular weight excluding hydrogens is 238 g/mol. The van der Waals surface area contributed by atoms with E-state index in [0.717, 1.165) is 10.1 Å². The van der Waals surface area contributed by atoms with Crippen molar-refractivity contribution in [1.29, 1.82) is 0 Å². The fraction of sp³-hybridized carbons (Fsp3) is 0. The van der Waals surface area contributed by atoms with Gasteiger partial charge in [0.25, 0.3) is 0 Å². The zero-order valence-electron chi connectivity index (χ0n) is 8.35. The van der Waals surface area contributed by atoms with Crippen molar-refractivity contribution in [3.05, 3.63) is 53.8 Å². The molecule has 0 saturated carbocycles. The number of hydrogen-bond acceptors (Lipinski definition) is 2. The maximum atomic E-state index is 6.06. The van der Waals surface area contributed by atoms with Crippen molar-refractivity contribution in [3.63, 3.8) is 0 Å². The summed E-state index contributed by atoms with van der Waals surface area (Å²) >= 11 is 7.74. The summed E-state index contributed by atoms with van der Waals surface area (Å²) in [6.07, 6.45) is 1.74. The smallest absolute Gasteiger partial charge is 0.146 e. The van der Waals surface area contributed by atoms with Crippen molar-refractivity contribution in [1.82, 2.24) is 4.98 Å². The van der Waals surface area contributed by atoms with E-state index in [1.807, 2.05) is 24.3 Å². The first-order valence-corrected chi connectivity index (χ1v) is 6.13. The molecule has 0 unspecified atom stereocenters. The first kappa shape index (κ1) is 9.82. The summed E-state index contributed by atoms with van der Waals surface area (Å²) in [5.41, 5.74) is 1.22. The number of nitrogens with zero attached hydrogens (tertiary/aromatic N) is 1. The number of halogens is 1. The Morgan fingerprint density at radius 2 is 1.88 bits per heavy atom. The SMILES string of the molecule is Clc1nccc2cc(-c3ccccc3)sc12. The predicted octanol–water partition coefficient (Wildman–Crippen LogP) is 4.62. The molecule has 0 N–H and O–H groups in total. The summed E-state index contributed by atoms with van der Waals surface area (Å²) in [5.74, 6) is 0. The second-order valence-corrected chi connectivity index (χ2v) is 4.91. The molecule has 0 saturated heterocycles. The molecule has 3 aromatic rings. The van der Waals surface area contributed by atoms with Crippen LogP contribution in [0.1, 0.15) is 0 Å². The number of fused-ring (bicyclic) bond motifs is 1. The van der Waals surface area contributed by atoms with Crippen molar-refractivity contribution in [2.24, 2.45) is 0 Å². The van der Waals surface area contributed by atoms with E-state index in [2.05, 4.69) is 23.2 Å². The Hall–Kier alpha value is -1.38. The van der Waals surface area contributed by atoms with Crippen LogP contribution in [0.5, 0.6) is 0 Å². The first-order valence-electron chi connectivity index (χ1n) is 4.94. The number of benzene rings is 1. The van der Waals surface area contributed by atoms with Crippen LogP contribution < -0.4 is 0 Å². The van der Waals surface area contributed by atoms with Gasteiger partial charge in [-0.1, -0.05) is 41.9 Å². The molecule has 2 aromatic heterocycles. The third kappa shape index (κ3) is 1.60. The van der Waals surface area contributed by atoms with E-state index < -0.39 is 0 Å². The van der Waals surface area contributed by atoms with E-state index in [9.17, 15) is 0 Å². The molecule has 1 nitrogen and oxygen atoms in total. The van der Waals surface area contributed by atoms with Gasteiger partial charge in [0, 0.05) is 11.1 Å². The minimum Gasteiger partial charge on any atom is -0.243 e. The number of hydrogen-bond donors (Lipinski definition) is 0. The Kier molecular flexibility index (Phi) is 2.39. The van der Waals surface area contributed by atoms with Gasteiger partial charge in [0.15, 0.2) is 0 Å². The van der Waals surface area contributed by atoms with Crippen molar-refractivity contribution in [2.45, 2.75) is 0 Å². The van der Waals surface area contributed by atoms with Gasteiger partial charge in [0.2, 0.25) is 0 Å². The molecule has 0 aliphatic heterocycles. The number of thiophene rings is 1. The number of rotatable bonds is 1. The van der Waals surface area contributed by atoms with Gasteiger partial charge in [0.1, 0.15) is 5.15 Å². The molecule has 0 amide bonds. The summed E-state index contributed by atoms with van der Waals surface area (Å²) < 4.78 is 1.06. The Balaban J connectivity index is 2.23. The number of aromatic nitrogens is 1. The van der Waals surface area contributed by atoms with Gasteiger partial charge in [-0.15, -0.1) is 11.3 Å². The van der Waals surface area contributed by atoms with Crippen LogP contribution in [0, 0.1) is 0 Å². The minimum absolute atomic E-state index is 0.588. The Morgan fingerprint density at radius 3 is 2.62 bits per heavy atom. The molecule has 2 heterocycles. The van der Waals surface area contributed by atoms with Gasteiger partial charge in [-0.3, -0.25) is 0 Å². The standard InChI is InChI=1S/C13H8ClNS/c14-13-12-10(6-7-15-13)8-11(16-12)9-4-2-1-3-5-9/h1-8H. The Bertz CT molecular complexity index is 631. The predicted molar refractivity (Wildman–Crippen MR) is 70.1 cm³/mol. The molecule has 0 radical (unpaired) electrons. The average Bonchev–Trinajstić information content (AvgIpc) is 2.76. The molecule has 1 aromatic carbocycles. The first-order chi connectivity index (χ1) is 7.84. The Labute approximate surface area is 102 Å². The fourth-order valence-corrected chi connectivity index (χ4v) is 3.00. The second kappa shape index (κ2) is 3.89. The third-order valence-corrected chi connectivity index (χ3v) is 4.05. The summed E-state index contributed by atoms with van der Waals surface area (Å²) in [5, 5.41) is 1.74. The van der Waals surface area contributed by atoms with Crippen LogP contribution in [0.25, 0.3) is 20.5 Å². The van der Waals surface area contributed by atoms with Crippen LogP contribution in [-0.2, 0) is 0 Å². The zero-order valence-corrected chi connectivity index (χ0v) is 9.92. The highest BCUT2D eigenvalue weighted by Crippen LogP contribution is 2.35. The van der Waals surface area contributed by atoms with Crippen LogP contribution in [-0.4, -0.2) is 4.98 Å². The van der Waals surface area contributed by atoms with Crippen molar-refractivity contribution in [2.75, 3.05) is 0 Å². The highest BCUT2D eigenvalue weighted by molar-refractivity contribution is 7.22. The minimum atomic E-state index is 0.588. The molecule has 3 rings (SSSR count). The van der Waals surface area contributed by atoms with E-state index in [0.29, 0.717) is 5.15 Å². The molecule has 0 aliphatic carbocycles. The molecule has 0 fully saturated rings. The van der Waals surface area contributed by atoms with Crippen LogP contribution >= 0.6 is 22.9 Å². The van der Waals surface area contributed by atoms with E-state index in [-0.39, 0.29) is 0 Å². The Morgan fingerprint density at radius 1 is 1.06 bits per heavy atom. The molecule has 0 aliphatic rings. The van der Waals surface area contributed by atoms with Gasteiger partial charge in [-0.25, -0.2) is 4.98 Å². The third-order valence-electron chi connectivity index (χ3n) is 2.45. The normalized spacial score (nSPS) is 10.8. The monoisotopic (exact) mass is 245 g/mol. The molecule has 3 heteroatoms. The number of pyridine rings is 1. The van der Waals surface area contributed by atoms with Gasteiger partial charge < -0.3 is 0 Å². The largest absolute Gasteiger partial charge is 0.243 e. The van der Waals surface area contributed by atoms with Gasteiger partial charge in [-0.05, 0) is 23.1 Å². The summed E-state index contributed by atoms with van der Waals surface area (Å²) in [6, 6.07) is 14.5. The maximum Gasteiger partial charge on any atom is 0.146 e. The van der Waals surface area contributed by atoms with E-state index in [1.54, 1.807) is 17.5 Å². The lowest BCUT2D eigenvalue weighted by molar-refractivity contribution is 1.37. The van der Waals surface area contributed by atoms with Crippen LogP contribution in [0.4, 0.5) is 0 Å². The van der Waals surface area contributed by atoms with Gasteiger partial charge >= 0.3 is 0 Å². The maximum absolute atomic E-state index is 6.06. The van der Waals surface area contributed by atoms with Crippen LogP contribution in [0.3, 0.4) is 0 Å². The van der Waals surface area contributed by atoms with E-state index >= 15 is 0 Å². The molecule has 78 valence electrons. The van der Waals surface area contributed by atoms with Crippen molar-refractivity contribution >= 4 is 33.0 Å². The summed E-state index contributed by atoms with van der Waals surface area (Å²) in [7, 11) is 0. The molecule has 0 atom stereocenters. The highest BCUT2D eigenvalue weighted by Gasteiger charge is 2.06. The topological polar surface area (TPSA) is 12.9 Å². The lowest BCUT2D eigenvalue weighted by atomic mass is 10.2. The summed E-state index contributed by atoms with van der Waals surface area (Å²) in [4.78, 5) is 5.32. The van der Waals surface area contributed by atoms with Gasteiger partial charge in [0.05, 0.1) is 4.70 Å². The quantitative estimate of drug-likeness (QED) is 0.570. The lowest BCUT2D eigenvalue weighted by Crippen LogP contribution is -1.70. The van der Waals surface area contributed by atoms with Crippen LogP contribution in [0.15, 0.2) is 48.7 Å². The average molecular weight is 246 g/mol. The molecule has 16 heavy (non-hydrogen) atoms. The molecule has 0 bridgehead atoms. The van der Waals surface area contributed by atoms with Crippen LogP contribution in [0.2, 0.25) is 5.15 Å². The van der Waals surface area contributed by atoms with Crippen molar-refractivity contribution < 1.29 is 0 Å². The van der Waals surface area contributed by atoms with Crippen molar-refractivity contribution in [3.8, 4) is 10.4 Å². The zero-order chi connectivity index (χ0) is 11.0. The van der Waals surface area contributed by atoms with Gasteiger partial charge in [-0.2, -0.15) is 0 Å².